The van der Waals surface area contributed by atoms with E-state index in [4.69, 9.17) is 4.74 Å². The second-order valence-electron chi connectivity index (χ2n) is 4.52. The fourth-order valence-corrected chi connectivity index (χ4v) is 1.86. The maximum absolute atomic E-state index is 11.9. The largest absolute Gasteiger partial charge is 0.445 e. The molecular weight excluding hydrogens is 242 g/mol. The van der Waals surface area contributed by atoms with Gasteiger partial charge in [0.2, 0.25) is 0 Å². The minimum Gasteiger partial charge on any atom is -0.445 e. The van der Waals surface area contributed by atoms with Crippen LogP contribution in [0.25, 0.3) is 0 Å². The van der Waals surface area contributed by atoms with E-state index in [0.29, 0.717) is 0 Å². The number of aliphatic imine (C=N–C) groups is 1. The number of amidine groups is 1. The molecule has 1 heterocycles. The van der Waals surface area contributed by atoms with Crippen molar-refractivity contribution in [1.82, 2.24) is 10.2 Å². The predicted octanol–water partition coefficient (Wildman–Crippen LogP) is 1.65. The van der Waals surface area contributed by atoms with Gasteiger partial charge in [-0.15, -0.1) is 0 Å². The molecule has 102 valence electrons. The molecular formula is C14H19N3O2. The summed E-state index contributed by atoms with van der Waals surface area (Å²) in [5.74, 6) is 0.846. The Balaban J connectivity index is 1.85. The molecule has 5 nitrogen and oxygen atoms in total. The Bertz CT molecular complexity index is 459. The summed E-state index contributed by atoms with van der Waals surface area (Å²) in [5.41, 5.74) is 0.980. The Morgan fingerprint density at radius 3 is 2.84 bits per heavy atom. The van der Waals surface area contributed by atoms with Crippen LogP contribution in [0, 0.1) is 0 Å². The average Bonchev–Trinajstić information content (AvgIpc) is 2.98. The zero-order chi connectivity index (χ0) is 13.7. The number of rotatable bonds is 4. The number of nitrogens with one attached hydrogen (secondary N) is 1. The highest BCUT2D eigenvalue weighted by molar-refractivity contribution is 5.90. The number of likely N-dealkylation sites (N-methyl/N-ethyl adjacent to an activating group) is 1. The number of carbonyl (C=O) groups is 1. The Morgan fingerprint density at radius 2 is 2.21 bits per heavy atom. The van der Waals surface area contributed by atoms with Crippen molar-refractivity contribution in [2.75, 3.05) is 20.1 Å². The number of carbonyl (C=O) groups excluding carboxylic acids is 1. The van der Waals surface area contributed by atoms with Crippen LogP contribution >= 0.6 is 0 Å². The van der Waals surface area contributed by atoms with Gasteiger partial charge in [0.05, 0.1) is 12.6 Å². The Labute approximate surface area is 113 Å². The predicted molar refractivity (Wildman–Crippen MR) is 74.2 cm³/mol. The molecule has 5 heteroatoms. The molecule has 0 saturated heterocycles. The van der Waals surface area contributed by atoms with E-state index < -0.39 is 0 Å². The van der Waals surface area contributed by atoms with E-state index in [9.17, 15) is 4.79 Å². The summed E-state index contributed by atoms with van der Waals surface area (Å²) in [6.45, 7) is 3.83. The highest BCUT2D eigenvalue weighted by atomic mass is 16.6. The second-order valence-corrected chi connectivity index (χ2v) is 4.52. The molecule has 1 unspecified atom stereocenters. The normalized spacial score (nSPS) is 15.4. The first-order chi connectivity index (χ1) is 9.18. The standard InChI is InChI=1S/C14H19N3O2/c1-11(13-15-8-9-16-13)17(2)14(18)19-10-12-6-4-3-5-7-12/h3-7,11H,8-10H2,1-2H3,(H,15,16). The van der Waals surface area contributed by atoms with E-state index in [1.807, 2.05) is 37.3 Å². The molecule has 1 aliphatic heterocycles. The van der Waals surface area contributed by atoms with Crippen LogP contribution in [0.15, 0.2) is 35.3 Å². The molecule has 2 rings (SSSR count). The molecule has 0 fully saturated rings. The number of ether oxygens (including phenoxy) is 1. The van der Waals surface area contributed by atoms with Crippen molar-refractivity contribution in [2.24, 2.45) is 4.99 Å². The highest BCUT2D eigenvalue weighted by Gasteiger charge is 2.23. The first-order valence-electron chi connectivity index (χ1n) is 6.40. The van der Waals surface area contributed by atoms with E-state index >= 15 is 0 Å². The van der Waals surface area contributed by atoms with Gasteiger partial charge in [0, 0.05) is 13.6 Å². The maximum atomic E-state index is 11.9. The molecule has 0 aliphatic carbocycles. The van der Waals surface area contributed by atoms with Crippen molar-refractivity contribution in [3.05, 3.63) is 35.9 Å². The lowest BCUT2D eigenvalue weighted by Crippen LogP contribution is -2.44. The maximum Gasteiger partial charge on any atom is 0.410 e. The van der Waals surface area contributed by atoms with E-state index in [0.717, 1.165) is 24.5 Å². The fraction of sp³-hybridized carbons (Fsp3) is 0.429. The first kappa shape index (κ1) is 13.4. The van der Waals surface area contributed by atoms with Crippen LogP contribution in [-0.4, -0.2) is 43.0 Å². The van der Waals surface area contributed by atoms with Gasteiger partial charge in [-0.3, -0.25) is 4.99 Å². The molecule has 0 bridgehead atoms. The zero-order valence-corrected chi connectivity index (χ0v) is 11.3. The molecule has 0 spiro atoms. The summed E-state index contributed by atoms with van der Waals surface area (Å²) in [6.07, 6.45) is -0.340. The molecule has 1 atom stereocenters. The molecule has 0 saturated carbocycles. The molecule has 0 aromatic heterocycles. The van der Waals surface area contributed by atoms with Gasteiger partial charge in [-0.1, -0.05) is 30.3 Å². The van der Waals surface area contributed by atoms with E-state index in [1.165, 1.54) is 0 Å². The second kappa shape index (κ2) is 6.22. The number of nitrogens with zero attached hydrogens (tertiary/aromatic N) is 2. The highest BCUT2D eigenvalue weighted by Crippen LogP contribution is 2.06. The van der Waals surface area contributed by atoms with Gasteiger partial charge in [-0.25, -0.2) is 4.79 Å². The lowest BCUT2D eigenvalue weighted by Gasteiger charge is -2.24. The van der Waals surface area contributed by atoms with E-state index in [-0.39, 0.29) is 18.7 Å². The Morgan fingerprint density at radius 1 is 1.47 bits per heavy atom. The van der Waals surface area contributed by atoms with Crippen molar-refractivity contribution >= 4 is 11.9 Å². The van der Waals surface area contributed by atoms with Crippen LogP contribution in [0.4, 0.5) is 4.79 Å². The molecule has 1 aromatic rings. The molecule has 0 radical (unpaired) electrons. The van der Waals surface area contributed by atoms with Crippen LogP contribution in [0.3, 0.4) is 0 Å². The third-order valence-corrected chi connectivity index (χ3v) is 3.17. The van der Waals surface area contributed by atoms with Crippen molar-refractivity contribution in [1.29, 1.82) is 0 Å². The average molecular weight is 261 g/mol. The molecule has 1 aromatic carbocycles. The first-order valence-corrected chi connectivity index (χ1v) is 6.40. The quantitative estimate of drug-likeness (QED) is 0.896. The lowest BCUT2D eigenvalue weighted by molar-refractivity contribution is 0.101. The summed E-state index contributed by atoms with van der Waals surface area (Å²) in [7, 11) is 1.72. The van der Waals surface area contributed by atoms with Crippen LogP contribution in [-0.2, 0) is 11.3 Å². The number of hydrogen-bond acceptors (Lipinski definition) is 4. The lowest BCUT2D eigenvalue weighted by atomic mass is 10.2. The Hall–Kier alpha value is -2.04. The van der Waals surface area contributed by atoms with Gasteiger partial charge in [0.15, 0.2) is 0 Å². The minimum absolute atomic E-state index is 0.0919. The van der Waals surface area contributed by atoms with Gasteiger partial charge in [-0.2, -0.15) is 0 Å². The van der Waals surface area contributed by atoms with Crippen molar-refractivity contribution in [2.45, 2.75) is 19.6 Å². The summed E-state index contributed by atoms with van der Waals surface area (Å²) in [6, 6.07) is 9.55. The van der Waals surface area contributed by atoms with Crippen molar-refractivity contribution < 1.29 is 9.53 Å². The van der Waals surface area contributed by atoms with Crippen molar-refractivity contribution in [3.8, 4) is 0 Å². The van der Waals surface area contributed by atoms with Gasteiger partial charge in [-0.05, 0) is 12.5 Å². The van der Waals surface area contributed by atoms with Crippen LogP contribution in [0.5, 0.6) is 0 Å². The summed E-state index contributed by atoms with van der Waals surface area (Å²) in [5, 5.41) is 3.17. The van der Waals surface area contributed by atoms with Gasteiger partial charge in [0.1, 0.15) is 12.4 Å². The summed E-state index contributed by atoms with van der Waals surface area (Å²) >= 11 is 0. The fourth-order valence-electron chi connectivity index (χ4n) is 1.86. The third-order valence-electron chi connectivity index (χ3n) is 3.17. The van der Waals surface area contributed by atoms with Crippen molar-refractivity contribution in [3.63, 3.8) is 0 Å². The SMILES string of the molecule is CC(C1=NCCN1)N(C)C(=O)OCc1ccccc1. The number of hydrogen-bond donors (Lipinski definition) is 1. The zero-order valence-electron chi connectivity index (χ0n) is 11.3. The molecule has 19 heavy (non-hydrogen) atoms. The van der Waals surface area contributed by atoms with Gasteiger partial charge >= 0.3 is 6.09 Å². The monoisotopic (exact) mass is 261 g/mol. The topological polar surface area (TPSA) is 53.9 Å². The van der Waals surface area contributed by atoms with E-state index in [2.05, 4.69) is 10.3 Å². The van der Waals surface area contributed by atoms with Crippen LogP contribution < -0.4 is 5.32 Å². The smallest absolute Gasteiger partial charge is 0.410 e. The molecule has 1 aliphatic rings. The van der Waals surface area contributed by atoms with Crippen LogP contribution in [0.2, 0.25) is 0 Å². The van der Waals surface area contributed by atoms with E-state index in [1.54, 1.807) is 11.9 Å². The summed E-state index contributed by atoms with van der Waals surface area (Å²) < 4.78 is 5.27. The minimum atomic E-state index is -0.340. The number of benzene rings is 1. The van der Waals surface area contributed by atoms with Gasteiger partial charge < -0.3 is 15.0 Å². The molecule has 1 N–H and O–H groups in total. The Kier molecular flexibility index (Phi) is 4.39. The third kappa shape index (κ3) is 3.47. The summed E-state index contributed by atoms with van der Waals surface area (Å²) in [4.78, 5) is 17.8. The number of amides is 1. The molecule has 1 amide bonds. The van der Waals surface area contributed by atoms with Gasteiger partial charge in [0.25, 0.3) is 0 Å². The van der Waals surface area contributed by atoms with Crippen LogP contribution in [0.1, 0.15) is 12.5 Å².